The summed E-state index contributed by atoms with van der Waals surface area (Å²) in [5.74, 6) is -1.70. The minimum atomic E-state index is -4.51. The molecule has 5 nitrogen and oxygen atoms in total. The molecule has 18 heavy (non-hydrogen) atoms. The summed E-state index contributed by atoms with van der Waals surface area (Å²) in [7, 11) is 0. The summed E-state index contributed by atoms with van der Waals surface area (Å²) in [5, 5.41) is 10.9. The standard InChI is InChI=1S/C10H17F3N2O3/c1-4-15(5-10(11,12)13)9(18)14-7(6(2)3)8(16)17/h6-7H,4-5H2,1-3H3,(H,14,18)(H,16,17)/t7-/m1/s1. The van der Waals surface area contributed by atoms with Gasteiger partial charge in [-0.25, -0.2) is 9.59 Å². The number of aliphatic carboxylic acids is 1. The van der Waals surface area contributed by atoms with Gasteiger partial charge in [-0.05, 0) is 12.8 Å². The van der Waals surface area contributed by atoms with Crippen LogP contribution in [0.2, 0.25) is 0 Å². The van der Waals surface area contributed by atoms with Gasteiger partial charge in [0.15, 0.2) is 0 Å². The van der Waals surface area contributed by atoms with Gasteiger partial charge in [-0.15, -0.1) is 0 Å². The molecule has 0 radical (unpaired) electrons. The zero-order valence-corrected chi connectivity index (χ0v) is 10.4. The summed E-state index contributed by atoms with van der Waals surface area (Å²) >= 11 is 0. The van der Waals surface area contributed by atoms with E-state index in [9.17, 15) is 22.8 Å². The number of carbonyl (C=O) groups is 2. The van der Waals surface area contributed by atoms with Crippen molar-refractivity contribution < 1.29 is 27.9 Å². The van der Waals surface area contributed by atoms with Crippen molar-refractivity contribution in [1.82, 2.24) is 10.2 Å². The normalized spacial score (nSPS) is 13.3. The van der Waals surface area contributed by atoms with Crippen LogP contribution >= 0.6 is 0 Å². The highest BCUT2D eigenvalue weighted by atomic mass is 19.4. The second-order valence-electron chi connectivity index (χ2n) is 4.14. The van der Waals surface area contributed by atoms with Gasteiger partial charge in [0.25, 0.3) is 0 Å². The lowest BCUT2D eigenvalue weighted by Gasteiger charge is -2.26. The van der Waals surface area contributed by atoms with E-state index in [4.69, 9.17) is 5.11 Å². The third-order valence-corrected chi connectivity index (χ3v) is 2.25. The van der Waals surface area contributed by atoms with Gasteiger partial charge in [-0.3, -0.25) is 0 Å². The molecule has 0 heterocycles. The van der Waals surface area contributed by atoms with Crippen molar-refractivity contribution in [3.63, 3.8) is 0 Å². The summed E-state index contributed by atoms with van der Waals surface area (Å²) in [6, 6.07) is -2.24. The minimum Gasteiger partial charge on any atom is -0.480 e. The Labute approximate surface area is 103 Å². The maximum Gasteiger partial charge on any atom is 0.406 e. The average Bonchev–Trinajstić information content (AvgIpc) is 2.19. The minimum absolute atomic E-state index is 0.157. The quantitative estimate of drug-likeness (QED) is 0.798. The van der Waals surface area contributed by atoms with Crippen molar-refractivity contribution in [1.29, 1.82) is 0 Å². The second kappa shape index (κ2) is 6.46. The topological polar surface area (TPSA) is 69.6 Å². The predicted molar refractivity (Wildman–Crippen MR) is 58.1 cm³/mol. The van der Waals surface area contributed by atoms with Crippen LogP contribution in [-0.4, -0.2) is 47.3 Å². The van der Waals surface area contributed by atoms with Gasteiger partial charge in [-0.2, -0.15) is 13.2 Å². The molecule has 0 aliphatic heterocycles. The molecule has 0 unspecified atom stereocenters. The van der Waals surface area contributed by atoms with E-state index in [0.29, 0.717) is 4.90 Å². The highest BCUT2D eigenvalue weighted by Crippen LogP contribution is 2.16. The molecule has 0 aliphatic rings. The van der Waals surface area contributed by atoms with Gasteiger partial charge in [0, 0.05) is 6.54 Å². The van der Waals surface area contributed by atoms with Crippen LogP contribution in [0.25, 0.3) is 0 Å². The van der Waals surface area contributed by atoms with E-state index in [0.717, 1.165) is 0 Å². The molecule has 2 N–H and O–H groups in total. The number of nitrogens with one attached hydrogen (secondary N) is 1. The number of hydrogen-bond donors (Lipinski definition) is 2. The Morgan fingerprint density at radius 3 is 2.11 bits per heavy atom. The van der Waals surface area contributed by atoms with E-state index >= 15 is 0 Å². The van der Waals surface area contributed by atoms with E-state index in [1.165, 1.54) is 6.92 Å². The Morgan fingerprint density at radius 2 is 1.83 bits per heavy atom. The van der Waals surface area contributed by atoms with Crippen molar-refractivity contribution in [2.75, 3.05) is 13.1 Å². The number of urea groups is 1. The van der Waals surface area contributed by atoms with Crippen LogP contribution in [0.15, 0.2) is 0 Å². The highest BCUT2D eigenvalue weighted by Gasteiger charge is 2.34. The van der Waals surface area contributed by atoms with Crippen LogP contribution < -0.4 is 5.32 Å². The fourth-order valence-corrected chi connectivity index (χ4v) is 1.28. The van der Waals surface area contributed by atoms with E-state index in [-0.39, 0.29) is 6.54 Å². The first-order valence-corrected chi connectivity index (χ1v) is 5.43. The lowest BCUT2D eigenvalue weighted by atomic mass is 10.1. The van der Waals surface area contributed by atoms with Gasteiger partial charge < -0.3 is 15.3 Å². The summed E-state index contributed by atoms with van der Waals surface area (Å²) in [6.45, 7) is 2.93. The van der Waals surface area contributed by atoms with Crippen molar-refractivity contribution in [2.45, 2.75) is 33.0 Å². The van der Waals surface area contributed by atoms with Crippen molar-refractivity contribution in [3.05, 3.63) is 0 Å². The van der Waals surface area contributed by atoms with Crippen LogP contribution in [0, 0.1) is 5.92 Å². The van der Waals surface area contributed by atoms with Crippen LogP contribution in [0.5, 0.6) is 0 Å². The van der Waals surface area contributed by atoms with Crippen LogP contribution in [0.1, 0.15) is 20.8 Å². The largest absolute Gasteiger partial charge is 0.480 e. The molecule has 8 heteroatoms. The number of nitrogens with zero attached hydrogens (tertiary/aromatic N) is 1. The van der Waals surface area contributed by atoms with Gasteiger partial charge >= 0.3 is 18.2 Å². The molecule has 2 amide bonds. The Balaban J connectivity index is 4.65. The third kappa shape index (κ3) is 5.74. The zero-order chi connectivity index (χ0) is 14.5. The van der Waals surface area contributed by atoms with Gasteiger partial charge in [0.05, 0.1) is 0 Å². The molecular formula is C10H17F3N2O3. The SMILES string of the molecule is CCN(CC(F)(F)F)C(=O)N[C@@H](C(=O)O)C(C)C. The fourth-order valence-electron chi connectivity index (χ4n) is 1.28. The molecule has 106 valence electrons. The molecule has 0 aromatic rings. The average molecular weight is 270 g/mol. The molecule has 0 aliphatic carbocycles. The maximum atomic E-state index is 12.2. The Morgan fingerprint density at radius 1 is 1.33 bits per heavy atom. The second-order valence-corrected chi connectivity index (χ2v) is 4.14. The zero-order valence-electron chi connectivity index (χ0n) is 10.4. The number of rotatable bonds is 5. The molecule has 0 spiro atoms. The van der Waals surface area contributed by atoms with Crippen LogP contribution in [0.3, 0.4) is 0 Å². The van der Waals surface area contributed by atoms with Gasteiger partial charge in [0.2, 0.25) is 0 Å². The Hall–Kier alpha value is -1.47. The fraction of sp³-hybridized carbons (Fsp3) is 0.800. The predicted octanol–water partition coefficient (Wildman–Crippen LogP) is 1.69. The van der Waals surface area contributed by atoms with Crippen LogP contribution in [0.4, 0.5) is 18.0 Å². The smallest absolute Gasteiger partial charge is 0.406 e. The molecule has 0 fully saturated rings. The van der Waals surface area contributed by atoms with Crippen molar-refractivity contribution >= 4 is 12.0 Å². The first-order chi connectivity index (χ1) is 8.08. The molecule has 1 atom stereocenters. The number of alkyl halides is 3. The summed E-state index contributed by atoms with van der Waals surface area (Å²) in [5.41, 5.74) is 0. The molecule has 0 aromatic carbocycles. The first kappa shape index (κ1) is 16.5. The Kier molecular flexibility index (Phi) is 5.93. The first-order valence-electron chi connectivity index (χ1n) is 5.43. The lowest BCUT2D eigenvalue weighted by Crippen LogP contribution is -2.52. The van der Waals surface area contributed by atoms with E-state index in [1.54, 1.807) is 13.8 Å². The van der Waals surface area contributed by atoms with Crippen molar-refractivity contribution in [2.24, 2.45) is 5.92 Å². The number of carboxylic acid groups (broad SMARTS) is 1. The van der Waals surface area contributed by atoms with E-state index in [1.807, 2.05) is 0 Å². The number of amides is 2. The molecule has 0 saturated carbocycles. The maximum absolute atomic E-state index is 12.2. The molecule has 0 saturated heterocycles. The highest BCUT2D eigenvalue weighted by molar-refractivity contribution is 5.82. The lowest BCUT2D eigenvalue weighted by molar-refractivity contribution is -0.141. The van der Waals surface area contributed by atoms with E-state index in [2.05, 4.69) is 5.32 Å². The molecule has 0 bridgehead atoms. The summed E-state index contributed by atoms with van der Waals surface area (Å²) in [6.07, 6.45) is -4.51. The molecular weight excluding hydrogens is 253 g/mol. The monoisotopic (exact) mass is 270 g/mol. The number of carbonyl (C=O) groups excluding carboxylic acids is 1. The van der Waals surface area contributed by atoms with Crippen molar-refractivity contribution in [3.8, 4) is 0 Å². The van der Waals surface area contributed by atoms with Gasteiger partial charge in [0.1, 0.15) is 12.6 Å². The summed E-state index contributed by atoms with van der Waals surface area (Å²) in [4.78, 5) is 22.9. The van der Waals surface area contributed by atoms with Crippen LogP contribution in [-0.2, 0) is 4.79 Å². The Bertz CT molecular complexity index is 305. The molecule has 0 rings (SSSR count). The van der Waals surface area contributed by atoms with E-state index < -0.39 is 36.7 Å². The molecule has 0 aromatic heterocycles. The summed E-state index contributed by atoms with van der Waals surface area (Å²) < 4.78 is 36.5. The number of halogens is 3. The number of hydrogen-bond acceptors (Lipinski definition) is 2. The van der Waals surface area contributed by atoms with Gasteiger partial charge in [-0.1, -0.05) is 13.8 Å². The third-order valence-electron chi connectivity index (χ3n) is 2.25. The number of carboxylic acids is 1.